The van der Waals surface area contributed by atoms with Crippen molar-refractivity contribution in [2.45, 2.75) is 12.3 Å². The first-order valence-corrected chi connectivity index (χ1v) is 11.0. The van der Waals surface area contributed by atoms with Gasteiger partial charge >= 0.3 is 12.1 Å². The molecule has 1 amide bonds. The Balaban J connectivity index is 1.38. The van der Waals surface area contributed by atoms with Gasteiger partial charge in [0, 0.05) is 12.5 Å². The zero-order valence-corrected chi connectivity index (χ0v) is 19.1. The number of methoxy groups -OCH3 is 2. The van der Waals surface area contributed by atoms with E-state index in [0.717, 1.165) is 22.3 Å². The Kier molecular flexibility index (Phi) is 7.01. The highest BCUT2D eigenvalue weighted by Crippen LogP contribution is 2.44. The number of ether oxygens (including phenoxy) is 3. The third-order valence-corrected chi connectivity index (χ3v) is 6.14. The first kappa shape index (κ1) is 23.2. The summed E-state index contributed by atoms with van der Waals surface area (Å²) in [5.41, 5.74) is 5.20. The van der Waals surface area contributed by atoms with Crippen LogP contribution < -0.4 is 14.8 Å². The second-order valence-electron chi connectivity index (χ2n) is 8.10. The summed E-state index contributed by atoms with van der Waals surface area (Å²) in [5.74, 6) is -0.939. The molecule has 3 aromatic rings. The number of carboxylic acids is 1. The molecule has 2 N–H and O–H groups in total. The van der Waals surface area contributed by atoms with E-state index in [9.17, 15) is 14.7 Å². The Labute approximate surface area is 198 Å². The maximum absolute atomic E-state index is 12.5. The quantitative estimate of drug-likeness (QED) is 0.488. The van der Waals surface area contributed by atoms with E-state index in [1.165, 1.54) is 14.2 Å². The molecule has 176 valence electrons. The third kappa shape index (κ3) is 4.69. The molecule has 0 fully saturated rings. The number of para-hydroxylation sites is 1. The van der Waals surface area contributed by atoms with Crippen molar-refractivity contribution in [3.8, 4) is 22.6 Å². The molecule has 34 heavy (non-hydrogen) atoms. The predicted molar refractivity (Wildman–Crippen MR) is 127 cm³/mol. The molecule has 0 radical (unpaired) electrons. The molecule has 0 aromatic heterocycles. The van der Waals surface area contributed by atoms with Crippen LogP contribution in [0.1, 0.15) is 22.6 Å². The van der Waals surface area contributed by atoms with Gasteiger partial charge in [-0.15, -0.1) is 0 Å². The molecule has 0 bridgehead atoms. The largest absolute Gasteiger partial charge is 0.493 e. The monoisotopic (exact) mass is 461 g/mol. The topological polar surface area (TPSA) is 94.1 Å². The van der Waals surface area contributed by atoms with Crippen molar-refractivity contribution >= 4 is 12.1 Å². The van der Waals surface area contributed by atoms with E-state index in [4.69, 9.17) is 14.2 Å². The van der Waals surface area contributed by atoms with Crippen molar-refractivity contribution in [1.29, 1.82) is 0 Å². The van der Waals surface area contributed by atoms with Gasteiger partial charge < -0.3 is 24.6 Å². The number of rotatable bonds is 9. The average Bonchev–Trinajstić information content (AvgIpc) is 3.18. The zero-order valence-electron chi connectivity index (χ0n) is 19.1. The summed E-state index contributed by atoms with van der Waals surface area (Å²) in [6.45, 7) is 0.0909. The van der Waals surface area contributed by atoms with E-state index >= 15 is 0 Å². The number of alkyl carbamates (subject to hydrolysis) is 1. The zero-order chi connectivity index (χ0) is 24.1. The SMILES string of the molecule is COc1cccc(CC(CNC(=O)OCC2c3ccccc3-c3ccccc32)C(=O)O)c1OC. The number of hydrogen-bond acceptors (Lipinski definition) is 5. The van der Waals surface area contributed by atoms with Crippen LogP contribution >= 0.6 is 0 Å². The molecule has 0 saturated heterocycles. The lowest BCUT2D eigenvalue weighted by Crippen LogP contribution is -2.35. The highest BCUT2D eigenvalue weighted by Gasteiger charge is 2.29. The minimum atomic E-state index is -1.02. The molecular weight excluding hydrogens is 434 g/mol. The Morgan fingerprint density at radius 3 is 2.15 bits per heavy atom. The molecule has 1 unspecified atom stereocenters. The summed E-state index contributed by atoms with van der Waals surface area (Å²) >= 11 is 0. The molecule has 1 atom stereocenters. The summed E-state index contributed by atoms with van der Waals surface area (Å²) in [6, 6.07) is 21.5. The fourth-order valence-electron chi connectivity index (χ4n) is 4.48. The molecule has 3 aromatic carbocycles. The minimum absolute atomic E-state index is 0.0607. The van der Waals surface area contributed by atoms with Crippen molar-refractivity contribution in [3.63, 3.8) is 0 Å². The van der Waals surface area contributed by atoms with Crippen LogP contribution in [0.15, 0.2) is 66.7 Å². The number of fused-ring (bicyclic) bond motifs is 3. The van der Waals surface area contributed by atoms with E-state index in [2.05, 4.69) is 17.4 Å². The fraction of sp³-hybridized carbons (Fsp3) is 0.259. The average molecular weight is 462 g/mol. The molecular formula is C27H27NO6. The van der Waals surface area contributed by atoms with Gasteiger partial charge in [0.05, 0.1) is 20.1 Å². The summed E-state index contributed by atoms with van der Waals surface area (Å²) in [4.78, 5) is 24.3. The van der Waals surface area contributed by atoms with Gasteiger partial charge in [0.15, 0.2) is 11.5 Å². The minimum Gasteiger partial charge on any atom is -0.493 e. The lowest BCUT2D eigenvalue weighted by atomic mass is 9.98. The molecule has 7 heteroatoms. The van der Waals surface area contributed by atoms with Crippen LogP contribution in [0, 0.1) is 5.92 Å². The normalized spacial score (nSPS) is 12.9. The van der Waals surface area contributed by atoms with E-state index in [-0.39, 0.29) is 25.5 Å². The van der Waals surface area contributed by atoms with Crippen molar-refractivity contribution in [2.75, 3.05) is 27.4 Å². The third-order valence-electron chi connectivity index (χ3n) is 6.14. The Hall–Kier alpha value is -4.00. The standard InChI is InChI=1S/C27H27NO6/c1-32-24-13-7-8-17(25(24)33-2)14-18(26(29)30)15-28-27(31)34-16-23-21-11-5-3-9-19(21)20-10-4-6-12-22(20)23/h3-13,18,23H,14-16H2,1-2H3,(H,28,31)(H,29,30). The van der Waals surface area contributed by atoms with Gasteiger partial charge in [-0.05, 0) is 40.3 Å². The second-order valence-corrected chi connectivity index (χ2v) is 8.10. The van der Waals surface area contributed by atoms with Gasteiger partial charge in [-0.3, -0.25) is 4.79 Å². The van der Waals surface area contributed by atoms with Crippen molar-refractivity contribution < 1.29 is 28.9 Å². The number of carboxylic acid groups (broad SMARTS) is 1. The van der Waals surface area contributed by atoms with E-state index in [1.54, 1.807) is 18.2 Å². The molecule has 7 nitrogen and oxygen atoms in total. The molecule has 4 rings (SSSR count). The van der Waals surface area contributed by atoms with Gasteiger partial charge in [-0.2, -0.15) is 0 Å². The molecule has 1 aliphatic carbocycles. The number of carbonyl (C=O) groups excluding carboxylic acids is 1. The van der Waals surface area contributed by atoms with Crippen molar-refractivity contribution in [3.05, 3.63) is 83.4 Å². The van der Waals surface area contributed by atoms with Gasteiger partial charge in [0.1, 0.15) is 6.61 Å². The molecule has 1 aliphatic rings. The lowest BCUT2D eigenvalue weighted by Gasteiger charge is -2.18. The van der Waals surface area contributed by atoms with Crippen LogP contribution in [-0.4, -0.2) is 44.5 Å². The Bertz CT molecular complexity index is 1150. The predicted octanol–water partition coefficient (Wildman–Crippen LogP) is 4.49. The first-order valence-electron chi connectivity index (χ1n) is 11.0. The number of benzene rings is 3. The van der Waals surface area contributed by atoms with Crippen LogP contribution in [-0.2, 0) is 16.0 Å². The Morgan fingerprint density at radius 2 is 1.56 bits per heavy atom. The van der Waals surface area contributed by atoms with Gasteiger partial charge in [-0.25, -0.2) is 4.79 Å². The summed E-state index contributed by atoms with van der Waals surface area (Å²) < 4.78 is 16.2. The highest BCUT2D eigenvalue weighted by molar-refractivity contribution is 5.79. The van der Waals surface area contributed by atoms with E-state index in [0.29, 0.717) is 17.1 Å². The molecule has 0 saturated carbocycles. The Morgan fingerprint density at radius 1 is 0.912 bits per heavy atom. The first-order chi connectivity index (χ1) is 16.5. The van der Waals surface area contributed by atoms with Crippen LogP contribution in [0.4, 0.5) is 4.79 Å². The number of carbonyl (C=O) groups is 2. The molecule has 0 aliphatic heterocycles. The maximum atomic E-state index is 12.5. The van der Waals surface area contributed by atoms with Gasteiger partial charge in [0.2, 0.25) is 0 Å². The summed E-state index contributed by atoms with van der Waals surface area (Å²) in [6.07, 6.45) is -0.481. The van der Waals surface area contributed by atoms with Gasteiger partial charge in [-0.1, -0.05) is 60.7 Å². The highest BCUT2D eigenvalue weighted by atomic mass is 16.5. The van der Waals surface area contributed by atoms with Crippen LogP contribution in [0.2, 0.25) is 0 Å². The van der Waals surface area contributed by atoms with Crippen LogP contribution in [0.3, 0.4) is 0 Å². The molecule has 0 spiro atoms. The van der Waals surface area contributed by atoms with Crippen LogP contribution in [0.25, 0.3) is 11.1 Å². The summed E-state index contributed by atoms with van der Waals surface area (Å²) in [7, 11) is 3.03. The number of nitrogens with one attached hydrogen (secondary N) is 1. The number of hydrogen-bond donors (Lipinski definition) is 2. The number of amides is 1. The van der Waals surface area contributed by atoms with Crippen LogP contribution in [0.5, 0.6) is 11.5 Å². The smallest absolute Gasteiger partial charge is 0.407 e. The summed E-state index contributed by atoms with van der Waals surface area (Å²) in [5, 5.41) is 12.3. The van der Waals surface area contributed by atoms with E-state index < -0.39 is 18.0 Å². The van der Waals surface area contributed by atoms with Crippen molar-refractivity contribution in [2.24, 2.45) is 5.92 Å². The molecule has 0 heterocycles. The van der Waals surface area contributed by atoms with E-state index in [1.807, 2.05) is 36.4 Å². The second kappa shape index (κ2) is 10.3. The van der Waals surface area contributed by atoms with Gasteiger partial charge in [0.25, 0.3) is 0 Å². The lowest BCUT2D eigenvalue weighted by molar-refractivity contribution is -0.141. The number of aliphatic carboxylic acids is 1. The maximum Gasteiger partial charge on any atom is 0.407 e. The van der Waals surface area contributed by atoms with Crippen molar-refractivity contribution in [1.82, 2.24) is 5.32 Å². The fourth-order valence-corrected chi connectivity index (χ4v) is 4.48.